The van der Waals surface area contributed by atoms with Crippen LogP contribution in [0.3, 0.4) is 0 Å². The Hall–Kier alpha value is -3.40. The Morgan fingerprint density at radius 1 is 1.16 bits per heavy atom. The highest BCUT2D eigenvalue weighted by Gasteiger charge is 2.46. The smallest absolute Gasteiger partial charge is 0.390 e. The maximum absolute atomic E-state index is 12.8. The van der Waals surface area contributed by atoms with Crippen LogP contribution < -0.4 is 10.6 Å². The van der Waals surface area contributed by atoms with Crippen molar-refractivity contribution in [2.24, 2.45) is 5.92 Å². The van der Waals surface area contributed by atoms with Crippen LogP contribution in [0.5, 0.6) is 0 Å². The van der Waals surface area contributed by atoms with E-state index in [0.717, 1.165) is 10.2 Å². The molecule has 196 valence electrons. The maximum Gasteiger partial charge on any atom is 0.405 e. The van der Waals surface area contributed by atoms with Crippen LogP contribution >= 0.6 is 11.3 Å². The van der Waals surface area contributed by atoms with E-state index in [1.54, 1.807) is 6.92 Å². The molecular formula is C22H23F3N8O3S. The van der Waals surface area contributed by atoms with Crippen molar-refractivity contribution >= 4 is 33.3 Å². The van der Waals surface area contributed by atoms with Gasteiger partial charge in [-0.3, -0.25) is 5.10 Å². The summed E-state index contributed by atoms with van der Waals surface area (Å²) >= 11 is 1.36. The Labute approximate surface area is 211 Å². The van der Waals surface area contributed by atoms with Gasteiger partial charge in [-0.2, -0.15) is 23.3 Å². The molecule has 11 nitrogen and oxygen atoms in total. The Bertz CT molecular complexity index is 1350. The average molecular weight is 537 g/mol. The van der Waals surface area contributed by atoms with E-state index < -0.39 is 43.0 Å². The summed E-state index contributed by atoms with van der Waals surface area (Å²) < 4.78 is 39.4. The van der Waals surface area contributed by atoms with Gasteiger partial charge in [-0.1, -0.05) is 12.1 Å². The minimum absolute atomic E-state index is 0.109. The van der Waals surface area contributed by atoms with Gasteiger partial charge in [0.15, 0.2) is 5.82 Å². The van der Waals surface area contributed by atoms with E-state index in [-0.39, 0.29) is 24.0 Å². The van der Waals surface area contributed by atoms with Crippen LogP contribution in [0.4, 0.5) is 24.9 Å². The summed E-state index contributed by atoms with van der Waals surface area (Å²) in [5.41, 5.74) is 1.56. The number of nitrogens with zero attached hydrogens (tertiary/aromatic N) is 5. The molecule has 5 rings (SSSR count). The molecule has 4 aromatic rings. The summed E-state index contributed by atoms with van der Waals surface area (Å²) in [5.74, 6) is -0.767. The molecule has 1 saturated carbocycles. The second kappa shape index (κ2) is 9.81. The van der Waals surface area contributed by atoms with Gasteiger partial charge in [0.25, 0.3) is 0 Å². The summed E-state index contributed by atoms with van der Waals surface area (Å²) in [6, 6.07) is 6.65. The molecule has 1 aromatic carbocycles. The van der Waals surface area contributed by atoms with Crippen molar-refractivity contribution in [2.75, 3.05) is 17.2 Å². The van der Waals surface area contributed by atoms with Gasteiger partial charge >= 0.3 is 6.18 Å². The molecule has 0 radical (unpaired) electrons. The van der Waals surface area contributed by atoms with Crippen LogP contribution in [0.2, 0.25) is 0 Å². The molecule has 0 bridgehead atoms. The molecule has 1 fully saturated rings. The van der Waals surface area contributed by atoms with Crippen LogP contribution in [0.15, 0.2) is 30.6 Å². The summed E-state index contributed by atoms with van der Waals surface area (Å²) in [6.07, 6.45) is -7.00. The summed E-state index contributed by atoms with van der Waals surface area (Å²) in [4.78, 5) is 17.0. The Morgan fingerprint density at radius 3 is 2.65 bits per heavy atom. The minimum Gasteiger partial charge on any atom is -0.390 e. The number of aliphatic hydroxyl groups is 3. The van der Waals surface area contributed by atoms with Crippen molar-refractivity contribution in [3.8, 4) is 10.6 Å². The highest BCUT2D eigenvalue weighted by atomic mass is 32.1. The van der Waals surface area contributed by atoms with Gasteiger partial charge in [0.2, 0.25) is 5.95 Å². The molecule has 3 heterocycles. The first-order valence-electron chi connectivity index (χ1n) is 11.3. The number of nitrogens with one attached hydrogen (secondary N) is 3. The van der Waals surface area contributed by atoms with Crippen LogP contribution in [0.25, 0.3) is 20.8 Å². The molecule has 15 heteroatoms. The van der Waals surface area contributed by atoms with Crippen molar-refractivity contribution in [2.45, 2.75) is 43.9 Å². The number of aliphatic hydroxyl groups excluding tert-OH is 3. The van der Waals surface area contributed by atoms with Crippen LogP contribution in [-0.4, -0.2) is 76.4 Å². The third-order valence-corrected chi connectivity index (χ3v) is 7.27. The van der Waals surface area contributed by atoms with E-state index in [2.05, 4.69) is 40.8 Å². The topological polar surface area (TPSA) is 165 Å². The molecule has 0 amide bonds. The number of aromatic amines is 1. The predicted molar refractivity (Wildman–Crippen MR) is 129 cm³/mol. The molecule has 5 atom stereocenters. The van der Waals surface area contributed by atoms with Crippen molar-refractivity contribution in [1.82, 2.24) is 30.1 Å². The Kier molecular flexibility index (Phi) is 6.70. The largest absolute Gasteiger partial charge is 0.405 e. The fourth-order valence-corrected chi connectivity index (χ4v) is 5.49. The molecule has 0 saturated heterocycles. The number of alkyl halides is 3. The first-order chi connectivity index (χ1) is 17.6. The SMILES string of the molecule is Cc1nc(NCC(F)(F)F)nc(N[C@@H]2C[C@H](C(O)c3ncn[nH]3)[C@@H](O)[C@H]2O)c1-c1nc2ccccc2s1. The number of hydrogen-bond acceptors (Lipinski definition) is 11. The lowest BCUT2D eigenvalue weighted by Gasteiger charge is -2.21. The Morgan fingerprint density at radius 2 is 1.95 bits per heavy atom. The first-order valence-corrected chi connectivity index (χ1v) is 12.1. The van der Waals surface area contributed by atoms with E-state index in [1.165, 1.54) is 17.7 Å². The van der Waals surface area contributed by atoms with Crippen molar-refractivity contribution in [3.63, 3.8) is 0 Å². The average Bonchev–Trinajstić information content (AvgIpc) is 3.58. The van der Waals surface area contributed by atoms with E-state index in [4.69, 9.17) is 0 Å². The second-order valence-corrected chi connectivity index (χ2v) is 9.79. The number of para-hydroxylation sites is 1. The van der Waals surface area contributed by atoms with E-state index >= 15 is 0 Å². The van der Waals surface area contributed by atoms with Gasteiger partial charge in [-0.25, -0.2) is 15.0 Å². The van der Waals surface area contributed by atoms with Crippen LogP contribution in [0, 0.1) is 12.8 Å². The lowest BCUT2D eigenvalue weighted by atomic mass is 9.97. The zero-order chi connectivity index (χ0) is 26.3. The molecule has 1 aliphatic carbocycles. The predicted octanol–water partition coefficient (Wildman–Crippen LogP) is 2.41. The molecule has 1 aliphatic rings. The van der Waals surface area contributed by atoms with E-state index in [0.29, 0.717) is 16.3 Å². The molecule has 37 heavy (non-hydrogen) atoms. The monoisotopic (exact) mass is 536 g/mol. The maximum atomic E-state index is 12.8. The number of hydrogen-bond donors (Lipinski definition) is 6. The lowest BCUT2D eigenvalue weighted by molar-refractivity contribution is -0.115. The summed E-state index contributed by atoms with van der Waals surface area (Å²) in [6.45, 7) is 0.298. The number of thiazole rings is 1. The third-order valence-electron chi connectivity index (χ3n) is 6.21. The fraction of sp³-hybridized carbons (Fsp3) is 0.409. The quantitative estimate of drug-likeness (QED) is 0.207. The summed E-state index contributed by atoms with van der Waals surface area (Å²) in [7, 11) is 0. The van der Waals surface area contributed by atoms with Crippen molar-refractivity contribution < 1.29 is 28.5 Å². The molecular weight excluding hydrogens is 513 g/mol. The van der Waals surface area contributed by atoms with Crippen molar-refractivity contribution in [1.29, 1.82) is 0 Å². The minimum atomic E-state index is -4.48. The van der Waals surface area contributed by atoms with Gasteiger partial charge in [-0.15, -0.1) is 11.3 Å². The number of benzene rings is 1. The fourth-order valence-electron chi connectivity index (χ4n) is 4.43. The van der Waals surface area contributed by atoms with Gasteiger partial charge in [0.05, 0.1) is 33.6 Å². The highest BCUT2D eigenvalue weighted by molar-refractivity contribution is 7.21. The van der Waals surface area contributed by atoms with Crippen LogP contribution in [0.1, 0.15) is 24.0 Å². The first kappa shape index (κ1) is 25.3. The molecule has 3 aromatic heterocycles. The van der Waals surface area contributed by atoms with Gasteiger partial charge in [-0.05, 0) is 25.5 Å². The molecule has 6 N–H and O–H groups in total. The summed E-state index contributed by atoms with van der Waals surface area (Å²) in [5, 5.41) is 44.1. The van der Waals surface area contributed by atoms with E-state index in [1.807, 2.05) is 24.3 Å². The normalized spacial score (nSPS) is 22.9. The third kappa shape index (κ3) is 5.20. The van der Waals surface area contributed by atoms with E-state index in [9.17, 15) is 28.5 Å². The number of anilines is 2. The van der Waals surface area contributed by atoms with Gasteiger partial charge in [0, 0.05) is 5.92 Å². The number of fused-ring (bicyclic) bond motifs is 1. The number of aryl methyl sites for hydroxylation is 1. The van der Waals surface area contributed by atoms with Gasteiger partial charge < -0.3 is 26.0 Å². The molecule has 0 aliphatic heterocycles. The zero-order valence-corrected chi connectivity index (χ0v) is 20.1. The molecule has 1 unspecified atom stereocenters. The standard InChI is InChI=1S/C22H23F3N8O3S/c1-9-14(20-31-11-4-2-3-5-13(11)37-20)18(32-21(29-9)26-7-22(23,24)25)30-12-6-10(15(34)17(12)36)16(35)19-27-8-28-33-19/h2-5,8,10,12,15-17,34-36H,6-7H2,1H3,(H,27,28,33)(H2,26,29,30,32)/t10-,12+,15+,16?,17-/m0/s1. The number of halogens is 3. The Balaban J connectivity index is 1.49. The zero-order valence-electron chi connectivity index (χ0n) is 19.3. The lowest BCUT2D eigenvalue weighted by Crippen LogP contribution is -2.36. The highest BCUT2D eigenvalue weighted by Crippen LogP contribution is 2.40. The number of aromatic nitrogens is 6. The van der Waals surface area contributed by atoms with Crippen molar-refractivity contribution in [3.05, 3.63) is 42.1 Å². The molecule has 0 spiro atoms. The number of rotatable bonds is 7. The second-order valence-electron chi connectivity index (χ2n) is 8.76. The number of H-pyrrole nitrogens is 1. The van der Waals surface area contributed by atoms with Gasteiger partial charge in [0.1, 0.15) is 35.9 Å². The van der Waals surface area contributed by atoms with Crippen LogP contribution in [-0.2, 0) is 0 Å².